The first kappa shape index (κ1) is 13.8. The third kappa shape index (κ3) is 2.87. The van der Waals surface area contributed by atoms with Crippen molar-refractivity contribution in [1.29, 1.82) is 0 Å². The summed E-state index contributed by atoms with van der Waals surface area (Å²) in [6.07, 6.45) is 1.99. The molecule has 0 aliphatic carbocycles. The number of halogens is 1. The van der Waals surface area contributed by atoms with Gasteiger partial charge in [-0.25, -0.2) is 4.39 Å². The Balaban J connectivity index is 2.38. The van der Waals surface area contributed by atoms with E-state index in [1.165, 1.54) is 0 Å². The van der Waals surface area contributed by atoms with Crippen LogP contribution in [0.1, 0.15) is 27.0 Å². The molecule has 0 aliphatic rings. The lowest BCUT2D eigenvalue weighted by Crippen LogP contribution is -2.03. The van der Waals surface area contributed by atoms with Crippen molar-refractivity contribution in [3.8, 4) is 0 Å². The number of ketones is 1. The second-order valence-electron chi connectivity index (χ2n) is 4.48. The van der Waals surface area contributed by atoms with Gasteiger partial charge >= 0.3 is 0 Å². The van der Waals surface area contributed by atoms with Crippen LogP contribution in [0.4, 0.5) is 4.39 Å². The largest absolute Gasteiger partial charge is 0.289 e. The molecule has 2 aromatic carbocycles. The number of carbonyl (C=O) groups is 1. The molecule has 0 bridgehead atoms. The minimum atomic E-state index is -0.241. The van der Waals surface area contributed by atoms with Crippen LogP contribution >= 0.6 is 11.8 Å². The maximum atomic E-state index is 13.6. The molecule has 0 heterocycles. The zero-order chi connectivity index (χ0) is 14.0. The first-order valence-electron chi connectivity index (χ1n) is 5.98. The Labute approximate surface area is 116 Å². The van der Waals surface area contributed by atoms with Crippen molar-refractivity contribution in [1.82, 2.24) is 0 Å². The average molecular weight is 274 g/mol. The number of hydrogen-bond acceptors (Lipinski definition) is 2. The van der Waals surface area contributed by atoms with Gasteiger partial charge in [0.15, 0.2) is 5.78 Å². The van der Waals surface area contributed by atoms with Gasteiger partial charge in [0.1, 0.15) is 5.82 Å². The van der Waals surface area contributed by atoms with Crippen LogP contribution in [0.3, 0.4) is 0 Å². The fraction of sp³-hybridized carbons (Fsp3) is 0.188. The Morgan fingerprint density at radius 3 is 2.00 bits per heavy atom. The predicted molar refractivity (Wildman–Crippen MR) is 77.5 cm³/mol. The Morgan fingerprint density at radius 1 is 1.00 bits per heavy atom. The molecule has 3 heteroatoms. The van der Waals surface area contributed by atoms with Crippen molar-refractivity contribution in [2.45, 2.75) is 18.7 Å². The van der Waals surface area contributed by atoms with E-state index in [-0.39, 0.29) is 11.6 Å². The summed E-state index contributed by atoms with van der Waals surface area (Å²) in [5, 5.41) is 0. The number of rotatable bonds is 3. The van der Waals surface area contributed by atoms with Crippen molar-refractivity contribution in [2.24, 2.45) is 0 Å². The van der Waals surface area contributed by atoms with E-state index < -0.39 is 0 Å². The van der Waals surface area contributed by atoms with Crippen molar-refractivity contribution in [2.75, 3.05) is 6.26 Å². The van der Waals surface area contributed by atoms with Crippen molar-refractivity contribution >= 4 is 17.5 Å². The molecule has 0 aromatic heterocycles. The zero-order valence-corrected chi connectivity index (χ0v) is 12.0. The maximum Gasteiger partial charge on any atom is 0.193 e. The molecule has 0 amide bonds. The van der Waals surface area contributed by atoms with E-state index in [4.69, 9.17) is 0 Å². The van der Waals surface area contributed by atoms with Gasteiger partial charge in [-0.05, 0) is 67.6 Å². The van der Waals surface area contributed by atoms with Crippen molar-refractivity contribution in [3.63, 3.8) is 0 Å². The second kappa shape index (κ2) is 5.57. The van der Waals surface area contributed by atoms with E-state index in [1.807, 2.05) is 30.5 Å². The molecule has 2 aromatic rings. The highest BCUT2D eigenvalue weighted by Crippen LogP contribution is 2.20. The SMILES string of the molecule is CSc1ccc(C(=O)c2cc(C)c(F)c(C)c2)cc1. The van der Waals surface area contributed by atoms with Crippen LogP contribution in [0, 0.1) is 19.7 Å². The Kier molecular flexibility index (Phi) is 4.05. The third-order valence-corrected chi connectivity index (χ3v) is 3.79. The van der Waals surface area contributed by atoms with Gasteiger partial charge in [0, 0.05) is 16.0 Å². The van der Waals surface area contributed by atoms with Crippen LogP contribution in [0.15, 0.2) is 41.3 Å². The molecular formula is C16H15FOS. The van der Waals surface area contributed by atoms with E-state index >= 15 is 0 Å². The van der Waals surface area contributed by atoms with Crippen molar-refractivity contribution < 1.29 is 9.18 Å². The molecular weight excluding hydrogens is 259 g/mol. The first-order chi connectivity index (χ1) is 9.02. The highest BCUT2D eigenvalue weighted by atomic mass is 32.2. The molecule has 98 valence electrons. The van der Waals surface area contributed by atoms with Gasteiger partial charge in [0.05, 0.1) is 0 Å². The highest BCUT2D eigenvalue weighted by Gasteiger charge is 2.12. The van der Waals surface area contributed by atoms with E-state index in [9.17, 15) is 9.18 Å². The summed E-state index contributed by atoms with van der Waals surface area (Å²) >= 11 is 1.63. The second-order valence-corrected chi connectivity index (χ2v) is 5.36. The summed E-state index contributed by atoms with van der Waals surface area (Å²) in [5.74, 6) is -0.312. The molecule has 0 unspecified atom stereocenters. The van der Waals surface area contributed by atoms with Gasteiger partial charge in [-0.3, -0.25) is 4.79 Å². The normalized spacial score (nSPS) is 10.5. The monoisotopic (exact) mass is 274 g/mol. The van der Waals surface area contributed by atoms with Crippen LogP contribution in [-0.4, -0.2) is 12.0 Å². The lowest BCUT2D eigenvalue weighted by Gasteiger charge is -2.06. The standard InChI is InChI=1S/C16H15FOS/c1-10-8-13(9-11(2)15(10)17)16(18)12-4-6-14(19-3)7-5-12/h4-9H,1-3H3. The van der Waals surface area contributed by atoms with E-state index in [0.29, 0.717) is 22.3 Å². The molecule has 0 atom stereocenters. The highest BCUT2D eigenvalue weighted by molar-refractivity contribution is 7.98. The smallest absolute Gasteiger partial charge is 0.193 e. The summed E-state index contributed by atoms with van der Waals surface area (Å²) in [7, 11) is 0. The predicted octanol–water partition coefficient (Wildman–Crippen LogP) is 4.40. The van der Waals surface area contributed by atoms with Crippen LogP contribution < -0.4 is 0 Å². The molecule has 0 spiro atoms. The molecule has 0 fully saturated rings. The molecule has 0 radical (unpaired) electrons. The Morgan fingerprint density at radius 2 is 1.53 bits per heavy atom. The Bertz CT molecular complexity index is 594. The molecule has 0 aliphatic heterocycles. The number of benzene rings is 2. The van der Waals surface area contributed by atoms with Gasteiger partial charge in [-0.2, -0.15) is 0 Å². The minimum Gasteiger partial charge on any atom is -0.289 e. The number of aryl methyl sites for hydroxylation is 2. The maximum absolute atomic E-state index is 13.6. The summed E-state index contributed by atoms with van der Waals surface area (Å²) in [4.78, 5) is 13.4. The van der Waals surface area contributed by atoms with Gasteiger partial charge in [-0.15, -0.1) is 11.8 Å². The van der Waals surface area contributed by atoms with Crippen LogP contribution in [0.5, 0.6) is 0 Å². The lowest BCUT2D eigenvalue weighted by atomic mass is 9.99. The quantitative estimate of drug-likeness (QED) is 0.609. The fourth-order valence-electron chi connectivity index (χ4n) is 1.99. The van der Waals surface area contributed by atoms with E-state index in [1.54, 1.807) is 37.7 Å². The molecule has 1 nitrogen and oxygen atoms in total. The fourth-order valence-corrected chi connectivity index (χ4v) is 2.39. The lowest BCUT2D eigenvalue weighted by molar-refractivity contribution is 0.103. The topological polar surface area (TPSA) is 17.1 Å². The summed E-state index contributed by atoms with van der Waals surface area (Å²) in [6, 6.07) is 10.7. The summed E-state index contributed by atoms with van der Waals surface area (Å²) < 4.78 is 13.6. The van der Waals surface area contributed by atoms with Crippen LogP contribution in [-0.2, 0) is 0 Å². The summed E-state index contributed by atoms with van der Waals surface area (Å²) in [6.45, 7) is 3.35. The summed E-state index contributed by atoms with van der Waals surface area (Å²) in [5.41, 5.74) is 2.17. The first-order valence-corrected chi connectivity index (χ1v) is 7.21. The molecule has 19 heavy (non-hydrogen) atoms. The molecule has 0 saturated carbocycles. The van der Waals surface area contributed by atoms with Gasteiger partial charge < -0.3 is 0 Å². The number of carbonyl (C=O) groups excluding carboxylic acids is 1. The third-order valence-electron chi connectivity index (χ3n) is 3.05. The van der Waals surface area contributed by atoms with Gasteiger partial charge in [-0.1, -0.05) is 0 Å². The van der Waals surface area contributed by atoms with E-state index in [2.05, 4.69) is 0 Å². The Hall–Kier alpha value is -1.61. The van der Waals surface area contributed by atoms with E-state index in [0.717, 1.165) is 4.90 Å². The molecule has 0 saturated heterocycles. The van der Waals surface area contributed by atoms with Gasteiger partial charge in [0.2, 0.25) is 0 Å². The molecule has 2 rings (SSSR count). The van der Waals surface area contributed by atoms with Crippen LogP contribution in [0.2, 0.25) is 0 Å². The van der Waals surface area contributed by atoms with Gasteiger partial charge in [0.25, 0.3) is 0 Å². The van der Waals surface area contributed by atoms with Crippen molar-refractivity contribution in [3.05, 3.63) is 64.5 Å². The zero-order valence-electron chi connectivity index (χ0n) is 11.2. The van der Waals surface area contributed by atoms with Crippen LogP contribution in [0.25, 0.3) is 0 Å². The molecule has 0 N–H and O–H groups in total. The number of thioether (sulfide) groups is 1. The number of hydrogen-bond donors (Lipinski definition) is 0. The minimum absolute atomic E-state index is 0.0705. The average Bonchev–Trinajstić information content (AvgIpc) is 2.43.